The molecule has 1 atom stereocenters. The second-order valence-corrected chi connectivity index (χ2v) is 7.67. The van der Waals surface area contributed by atoms with Crippen LogP contribution in [0.1, 0.15) is 27.2 Å². The molecule has 1 aromatic heterocycles. The monoisotopic (exact) mass is 458 g/mol. The number of alkyl halides is 3. The predicted octanol–water partition coefficient (Wildman–Crippen LogP) is 4.10. The minimum Gasteiger partial charge on any atom is -0.484 e. The molecule has 0 saturated heterocycles. The molecule has 172 valence electrons. The lowest BCUT2D eigenvalue weighted by atomic mass is 9.93. The third kappa shape index (κ3) is 5.54. The molecular weight excluding hydrogens is 437 g/mol. The number of ether oxygens (including phenoxy) is 1. The molecule has 3 aromatic rings. The molecule has 1 aliphatic rings. The number of carbonyl (C=O) groups excluding carboxylic acids is 2. The zero-order chi connectivity index (χ0) is 23.4. The van der Waals surface area contributed by atoms with E-state index in [0.29, 0.717) is 12.0 Å². The molecule has 4 rings (SSSR count). The normalized spacial score (nSPS) is 15.6. The molecule has 1 aliphatic heterocycles. The molecule has 1 N–H and O–H groups in total. The summed E-state index contributed by atoms with van der Waals surface area (Å²) in [5.74, 6) is -0.565. The number of rotatable bonds is 6. The summed E-state index contributed by atoms with van der Waals surface area (Å²) in [7, 11) is 0. The predicted molar refractivity (Wildman–Crippen MR) is 112 cm³/mol. The number of nitrogens with zero attached hydrogens (tertiary/aromatic N) is 1. The first-order chi connectivity index (χ1) is 15.8. The van der Waals surface area contributed by atoms with Crippen LogP contribution >= 0.6 is 0 Å². The molecule has 2 aromatic carbocycles. The number of fused-ring (bicyclic) bond motifs is 1. The van der Waals surface area contributed by atoms with Gasteiger partial charge in [0.25, 0.3) is 5.91 Å². The van der Waals surface area contributed by atoms with Crippen LogP contribution in [0.2, 0.25) is 0 Å². The zero-order valence-electron chi connectivity index (χ0n) is 17.5. The van der Waals surface area contributed by atoms with E-state index in [9.17, 15) is 22.8 Å². The number of benzene rings is 2. The van der Waals surface area contributed by atoms with Gasteiger partial charge in [0.1, 0.15) is 11.8 Å². The van der Waals surface area contributed by atoms with Crippen molar-refractivity contribution in [3.05, 3.63) is 89.4 Å². The Morgan fingerprint density at radius 3 is 2.58 bits per heavy atom. The molecule has 6 nitrogen and oxygen atoms in total. The molecule has 33 heavy (non-hydrogen) atoms. The van der Waals surface area contributed by atoms with E-state index in [-0.39, 0.29) is 30.5 Å². The highest BCUT2D eigenvalue weighted by atomic mass is 19.4. The van der Waals surface area contributed by atoms with Gasteiger partial charge in [-0.15, -0.1) is 0 Å². The van der Waals surface area contributed by atoms with Gasteiger partial charge >= 0.3 is 6.18 Å². The minimum absolute atomic E-state index is 0.0558. The number of carbonyl (C=O) groups is 2. The SMILES string of the molecule is O=C(NCc1cccc(OCC(F)(F)F)c1)C1Cc2ccccc2CN1C(=O)c1ccco1. The maximum absolute atomic E-state index is 13.1. The molecule has 2 amide bonds. The van der Waals surface area contributed by atoms with Crippen molar-refractivity contribution in [3.63, 3.8) is 0 Å². The van der Waals surface area contributed by atoms with Gasteiger partial charge in [0.05, 0.1) is 6.26 Å². The molecular formula is C24H21F3N2O4. The van der Waals surface area contributed by atoms with Gasteiger partial charge in [-0.05, 0) is 41.0 Å². The van der Waals surface area contributed by atoms with Gasteiger partial charge in [-0.2, -0.15) is 13.2 Å². The Hall–Kier alpha value is -3.75. The van der Waals surface area contributed by atoms with Crippen molar-refractivity contribution in [2.24, 2.45) is 0 Å². The highest BCUT2D eigenvalue weighted by molar-refractivity contribution is 5.96. The summed E-state index contributed by atoms with van der Waals surface area (Å²) < 4.78 is 47.2. The number of furan rings is 1. The first-order valence-electron chi connectivity index (χ1n) is 10.3. The summed E-state index contributed by atoms with van der Waals surface area (Å²) in [6, 6.07) is 16.1. The smallest absolute Gasteiger partial charge is 0.422 e. The summed E-state index contributed by atoms with van der Waals surface area (Å²) in [5.41, 5.74) is 2.50. The van der Waals surface area contributed by atoms with E-state index in [2.05, 4.69) is 5.32 Å². The highest BCUT2D eigenvalue weighted by Crippen LogP contribution is 2.26. The molecule has 2 heterocycles. The van der Waals surface area contributed by atoms with Crippen LogP contribution in [0.5, 0.6) is 5.75 Å². The molecule has 0 fully saturated rings. The summed E-state index contributed by atoms with van der Waals surface area (Å²) >= 11 is 0. The van der Waals surface area contributed by atoms with Crippen LogP contribution in [0.15, 0.2) is 71.3 Å². The Kier molecular flexibility index (Phi) is 6.39. The second kappa shape index (κ2) is 9.40. The fraction of sp³-hybridized carbons (Fsp3) is 0.250. The number of amides is 2. The molecule has 9 heteroatoms. The van der Waals surface area contributed by atoms with E-state index >= 15 is 0 Å². The Morgan fingerprint density at radius 2 is 1.85 bits per heavy atom. The van der Waals surface area contributed by atoms with Gasteiger partial charge in [0.2, 0.25) is 5.91 Å². The standard InChI is InChI=1S/C24H21F3N2O4/c25-24(26,27)15-33-19-8-3-5-16(11-19)13-28-22(30)20-12-17-6-1-2-7-18(17)14-29(20)23(31)21-9-4-10-32-21/h1-11,20H,12-15H2,(H,28,30). The third-order valence-corrected chi connectivity index (χ3v) is 5.31. The van der Waals surface area contributed by atoms with Crippen LogP contribution < -0.4 is 10.1 Å². The molecule has 0 saturated carbocycles. The number of hydrogen-bond acceptors (Lipinski definition) is 4. The van der Waals surface area contributed by atoms with Crippen LogP contribution in [0.4, 0.5) is 13.2 Å². The van der Waals surface area contributed by atoms with Crippen molar-refractivity contribution < 1.29 is 31.9 Å². The molecule has 0 aliphatic carbocycles. The van der Waals surface area contributed by atoms with Crippen molar-refractivity contribution in [2.75, 3.05) is 6.61 Å². The molecule has 0 spiro atoms. The topological polar surface area (TPSA) is 71.8 Å². The van der Waals surface area contributed by atoms with E-state index in [1.807, 2.05) is 24.3 Å². The van der Waals surface area contributed by atoms with E-state index in [1.165, 1.54) is 23.3 Å². The van der Waals surface area contributed by atoms with Crippen LogP contribution in [0.3, 0.4) is 0 Å². The third-order valence-electron chi connectivity index (χ3n) is 5.31. The van der Waals surface area contributed by atoms with Gasteiger partial charge < -0.3 is 19.4 Å². The van der Waals surface area contributed by atoms with Gasteiger partial charge in [-0.3, -0.25) is 9.59 Å². The Labute approximate surface area is 187 Å². The first kappa shape index (κ1) is 22.4. The lowest BCUT2D eigenvalue weighted by Crippen LogP contribution is -2.52. The largest absolute Gasteiger partial charge is 0.484 e. The van der Waals surface area contributed by atoms with Crippen LogP contribution in [-0.2, 0) is 24.3 Å². The van der Waals surface area contributed by atoms with Gasteiger partial charge in [-0.1, -0.05) is 36.4 Å². The zero-order valence-corrected chi connectivity index (χ0v) is 17.5. The maximum atomic E-state index is 13.1. The van der Waals surface area contributed by atoms with E-state index < -0.39 is 24.7 Å². The van der Waals surface area contributed by atoms with Crippen molar-refractivity contribution in [2.45, 2.75) is 31.7 Å². The van der Waals surface area contributed by atoms with E-state index in [4.69, 9.17) is 9.15 Å². The average molecular weight is 458 g/mol. The van der Waals surface area contributed by atoms with Crippen molar-refractivity contribution in [3.8, 4) is 5.75 Å². The van der Waals surface area contributed by atoms with Crippen molar-refractivity contribution in [1.82, 2.24) is 10.2 Å². The summed E-state index contributed by atoms with van der Waals surface area (Å²) in [5, 5.41) is 2.79. The lowest BCUT2D eigenvalue weighted by Gasteiger charge is -2.35. The van der Waals surface area contributed by atoms with Crippen molar-refractivity contribution >= 4 is 11.8 Å². The molecule has 0 bridgehead atoms. The molecule has 1 unspecified atom stereocenters. The number of nitrogens with one attached hydrogen (secondary N) is 1. The number of halogens is 3. The Bertz CT molecular complexity index is 1130. The Morgan fingerprint density at radius 1 is 1.06 bits per heavy atom. The van der Waals surface area contributed by atoms with E-state index in [0.717, 1.165) is 11.1 Å². The van der Waals surface area contributed by atoms with Crippen molar-refractivity contribution in [1.29, 1.82) is 0 Å². The van der Waals surface area contributed by atoms with Crippen LogP contribution in [-0.4, -0.2) is 35.5 Å². The lowest BCUT2D eigenvalue weighted by molar-refractivity contribution is -0.153. The van der Waals surface area contributed by atoms with Crippen LogP contribution in [0.25, 0.3) is 0 Å². The minimum atomic E-state index is -4.44. The van der Waals surface area contributed by atoms with Gasteiger partial charge in [0.15, 0.2) is 12.4 Å². The highest BCUT2D eigenvalue weighted by Gasteiger charge is 2.35. The van der Waals surface area contributed by atoms with Gasteiger partial charge in [0, 0.05) is 19.5 Å². The second-order valence-electron chi connectivity index (χ2n) is 7.67. The fourth-order valence-electron chi connectivity index (χ4n) is 3.73. The summed E-state index contributed by atoms with van der Waals surface area (Å²) in [4.78, 5) is 27.6. The quantitative estimate of drug-likeness (QED) is 0.604. The molecule has 0 radical (unpaired) electrons. The fourth-order valence-corrected chi connectivity index (χ4v) is 3.73. The average Bonchev–Trinajstić information content (AvgIpc) is 3.35. The Balaban J connectivity index is 1.47. The maximum Gasteiger partial charge on any atom is 0.422 e. The van der Waals surface area contributed by atoms with Crippen LogP contribution in [0, 0.1) is 0 Å². The summed E-state index contributed by atoms with van der Waals surface area (Å²) in [6.07, 6.45) is -2.71. The van der Waals surface area contributed by atoms with Gasteiger partial charge in [-0.25, -0.2) is 0 Å². The summed E-state index contributed by atoms with van der Waals surface area (Å²) in [6.45, 7) is -1.06. The van der Waals surface area contributed by atoms with E-state index in [1.54, 1.807) is 24.3 Å². The number of hydrogen-bond donors (Lipinski definition) is 1. The first-order valence-corrected chi connectivity index (χ1v) is 10.3.